The highest BCUT2D eigenvalue weighted by Gasteiger charge is 2.23. The largest absolute Gasteiger partial charge is 0.352 e. The van der Waals surface area contributed by atoms with Crippen molar-refractivity contribution in [2.75, 3.05) is 6.54 Å². The van der Waals surface area contributed by atoms with E-state index in [0.717, 1.165) is 19.3 Å². The van der Waals surface area contributed by atoms with Crippen molar-refractivity contribution in [1.29, 1.82) is 0 Å². The highest BCUT2D eigenvalue weighted by Crippen LogP contribution is 2.28. The Hall–Kier alpha value is -0.440. The molecule has 0 spiro atoms. The molecule has 1 aliphatic carbocycles. The van der Waals surface area contributed by atoms with Crippen molar-refractivity contribution in [2.45, 2.75) is 24.6 Å². The Morgan fingerprint density at radius 3 is 2.44 bits per heavy atom. The number of carbonyl (C=O) groups is 1. The molecular weight excluding hydrogens is 293 g/mol. The van der Waals surface area contributed by atoms with Crippen molar-refractivity contribution in [3.05, 3.63) is 33.8 Å². The number of hydrogen-bond donors (Lipinski definition) is 1. The molecule has 0 aromatic heterocycles. The van der Waals surface area contributed by atoms with Gasteiger partial charge in [-0.15, -0.1) is 11.6 Å². The lowest BCUT2D eigenvalue weighted by Crippen LogP contribution is -2.28. The van der Waals surface area contributed by atoms with Crippen molar-refractivity contribution in [3.8, 4) is 0 Å². The first kappa shape index (κ1) is 14.0. The summed E-state index contributed by atoms with van der Waals surface area (Å²) in [6.45, 7) is 0.659. The van der Waals surface area contributed by atoms with Crippen molar-refractivity contribution in [1.82, 2.24) is 5.32 Å². The summed E-state index contributed by atoms with van der Waals surface area (Å²) in [5.41, 5.74) is 0.493. The minimum atomic E-state index is -0.141. The van der Waals surface area contributed by atoms with Crippen LogP contribution in [0, 0.1) is 5.92 Å². The monoisotopic (exact) mass is 305 g/mol. The van der Waals surface area contributed by atoms with Gasteiger partial charge in [0.2, 0.25) is 0 Å². The van der Waals surface area contributed by atoms with Crippen molar-refractivity contribution >= 4 is 40.7 Å². The average Bonchev–Trinajstić information content (AvgIpc) is 2.70. The van der Waals surface area contributed by atoms with E-state index in [1.165, 1.54) is 0 Å². The van der Waals surface area contributed by atoms with Gasteiger partial charge in [0.25, 0.3) is 5.91 Å². The number of hydrogen-bond acceptors (Lipinski definition) is 1. The van der Waals surface area contributed by atoms with Crippen LogP contribution in [0.5, 0.6) is 0 Å². The number of halogens is 3. The molecule has 1 aliphatic rings. The molecule has 5 heteroatoms. The van der Waals surface area contributed by atoms with E-state index in [0.29, 0.717) is 28.1 Å². The van der Waals surface area contributed by atoms with E-state index in [1.807, 2.05) is 0 Å². The lowest BCUT2D eigenvalue weighted by molar-refractivity contribution is 0.0947. The first-order valence-electron chi connectivity index (χ1n) is 5.93. The van der Waals surface area contributed by atoms with Crippen LogP contribution in [0.25, 0.3) is 0 Å². The SMILES string of the molecule is O=C(NCC1CCC(Cl)C1)c1cc(Cl)cc(Cl)c1. The third-order valence-corrected chi connectivity index (χ3v) is 3.99. The van der Waals surface area contributed by atoms with E-state index in [1.54, 1.807) is 18.2 Å². The van der Waals surface area contributed by atoms with Gasteiger partial charge in [-0.25, -0.2) is 0 Å². The quantitative estimate of drug-likeness (QED) is 0.836. The molecule has 1 aromatic carbocycles. The number of benzene rings is 1. The second-order valence-electron chi connectivity index (χ2n) is 4.64. The predicted octanol–water partition coefficient (Wildman–Crippen LogP) is 4.13. The van der Waals surface area contributed by atoms with Gasteiger partial charge < -0.3 is 5.32 Å². The summed E-state index contributed by atoms with van der Waals surface area (Å²) < 4.78 is 0. The summed E-state index contributed by atoms with van der Waals surface area (Å²) in [7, 11) is 0. The van der Waals surface area contributed by atoms with Crippen LogP contribution in [0.2, 0.25) is 10.0 Å². The smallest absolute Gasteiger partial charge is 0.251 e. The fraction of sp³-hybridized carbons (Fsp3) is 0.462. The molecule has 1 fully saturated rings. The van der Waals surface area contributed by atoms with Crippen LogP contribution in [-0.4, -0.2) is 17.8 Å². The van der Waals surface area contributed by atoms with Gasteiger partial charge in [0.05, 0.1) is 0 Å². The minimum Gasteiger partial charge on any atom is -0.352 e. The van der Waals surface area contributed by atoms with Crippen molar-refractivity contribution in [2.24, 2.45) is 5.92 Å². The third kappa shape index (κ3) is 3.78. The van der Waals surface area contributed by atoms with Crippen LogP contribution < -0.4 is 5.32 Å². The summed E-state index contributed by atoms with van der Waals surface area (Å²) >= 11 is 17.8. The Kier molecular flexibility index (Phi) is 4.77. The number of alkyl halides is 1. The molecule has 0 radical (unpaired) electrons. The molecule has 2 nitrogen and oxygen atoms in total. The standard InChI is InChI=1S/C13H14Cl3NO/c14-10-2-1-8(3-10)7-17-13(18)9-4-11(15)6-12(16)5-9/h4-6,8,10H,1-3,7H2,(H,17,18). The van der Waals surface area contributed by atoms with Gasteiger partial charge in [0, 0.05) is 27.5 Å². The molecule has 1 saturated carbocycles. The Labute approximate surface area is 122 Å². The molecule has 2 atom stereocenters. The molecule has 98 valence electrons. The Morgan fingerprint density at radius 2 is 1.89 bits per heavy atom. The minimum absolute atomic E-state index is 0.141. The van der Waals surface area contributed by atoms with Crippen LogP contribution >= 0.6 is 34.8 Å². The van der Waals surface area contributed by atoms with Crippen molar-refractivity contribution < 1.29 is 4.79 Å². The van der Waals surface area contributed by atoms with Gasteiger partial charge in [0.15, 0.2) is 0 Å². The summed E-state index contributed by atoms with van der Waals surface area (Å²) in [4.78, 5) is 11.9. The van der Waals surface area contributed by atoms with Crippen molar-refractivity contribution in [3.63, 3.8) is 0 Å². The van der Waals surface area contributed by atoms with Crippen LogP contribution in [0.1, 0.15) is 29.6 Å². The van der Waals surface area contributed by atoms with Gasteiger partial charge in [-0.1, -0.05) is 23.2 Å². The highest BCUT2D eigenvalue weighted by atomic mass is 35.5. The van der Waals surface area contributed by atoms with Crippen LogP contribution in [0.3, 0.4) is 0 Å². The van der Waals surface area contributed by atoms with Gasteiger partial charge in [-0.2, -0.15) is 0 Å². The van der Waals surface area contributed by atoms with E-state index in [-0.39, 0.29) is 11.3 Å². The molecule has 1 amide bonds. The predicted molar refractivity (Wildman–Crippen MR) is 75.8 cm³/mol. The molecule has 1 N–H and O–H groups in total. The maximum absolute atomic E-state index is 11.9. The maximum Gasteiger partial charge on any atom is 0.251 e. The molecule has 0 bridgehead atoms. The van der Waals surface area contributed by atoms with E-state index in [4.69, 9.17) is 34.8 Å². The summed E-state index contributed by atoms with van der Waals surface area (Å²) in [6.07, 6.45) is 3.08. The summed E-state index contributed by atoms with van der Waals surface area (Å²) in [6, 6.07) is 4.83. The zero-order chi connectivity index (χ0) is 13.1. The van der Waals surface area contributed by atoms with Crippen LogP contribution in [-0.2, 0) is 0 Å². The van der Waals surface area contributed by atoms with E-state index in [2.05, 4.69) is 5.32 Å². The van der Waals surface area contributed by atoms with Gasteiger partial charge in [0.1, 0.15) is 0 Å². The van der Waals surface area contributed by atoms with Crippen LogP contribution in [0.15, 0.2) is 18.2 Å². The molecular formula is C13H14Cl3NO. The normalized spacial score (nSPS) is 23.1. The first-order valence-corrected chi connectivity index (χ1v) is 7.12. The number of rotatable bonds is 3. The highest BCUT2D eigenvalue weighted by molar-refractivity contribution is 6.35. The van der Waals surface area contributed by atoms with E-state index >= 15 is 0 Å². The topological polar surface area (TPSA) is 29.1 Å². The van der Waals surface area contributed by atoms with Gasteiger partial charge >= 0.3 is 0 Å². The average molecular weight is 307 g/mol. The summed E-state index contributed by atoms with van der Waals surface area (Å²) in [5, 5.41) is 4.09. The lowest BCUT2D eigenvalue weighted by Gasteiger charge is -2.11. The van der Waals surface area contributed by atoms with E-state index < -0.39 is 0 Å². The molecule has 2 unspecified atom stereocenters. The van der Waals surface area contributed by atoms with E-state index in [9.17, 15) is 4.79 Å². The van der Waals surface area contributed by atoms with Gasteiger partial charge in [-0.05, 0) is 43.4 Å². The molecule has 1 aromatic rings. The zero-order valence-corrected chi connectivity index (χ0v) is 12.0. The van der Waals surface area contributed by atoms with Crippen LogP contribution in [0.4, 0.5) is 0 Å². The Balaban J connectivity index is 1.91. The first-order chi connectivity index (χ1) is 8.54. The molecule has 0 aliphatic heterocycles. The zero-order valence-electron chi connectivity index (χ0n) is 9.76. The van der Waals surface area contributed by atoms with Gasteiger partial charge in [-0.3, -0.25) is 4.79 Å². The molecule has 0 heterocycles. The fourth-order valence-electron chi connectivity index (χ4n) is 2.22. The number of amides is 1. The Bertz CT molecular complexity index is 430. The second kappa shape index (κ2) is 6.14. The maximum atomic E-state index is 11.9. The fourth-order valence-corrected chi connectivity index (χ4v) is 3.13. The second-order valence-corrected chi connectivity index (χ2v) is 6.13. The Morgan fingerprint density at radius 1 is 1.22 bits per heavy atom. The third-order valence-electron chi connectivity index (χ3n) is 3.15. The number of nitrogens with one attached hydrogen (secondary N) is 1. The molecule has 0 saturated heterocycles. The summed E-state index contributed by atoms with van der Waals surface area (Å²) in [5.74, 6) is 0.337. The lowest BCUT2D eigenvalue weighted by atomic mass is 10.1. The number of carbonyl (C=O) groups excluding carboxylic acids is 1. The molecule has 18 heavy (non-hydrogen) atoms. The molecule has 2 rings (SSSR count).